The quantitative estimate of drug-likeness (QED) is 0.693. The zero-order valence-electron chi connectivity index (χ0n) is 16.2. The van der Waals surface area contributed by atoms with Gasteiger partial charge in [-0.25, -0.2) is 0 Å². The molecule has 144 valence electrons. The number of thiophene rings is 1. The summed E-state index contributed by atoms with van der Waals surface area (Å²) < 4.78 is 16.1. The lowest BCUT2D eigenvalue weighted by Crippen LogP contribution is -2.38. The highest BCUT2D eigenvalue weighted by Crippen LogP contribution is 2.37. The van der Waals surface area contributed by atoms with Crippen LogP contribution in [0.15, 0.2) is 29.7 Å². The molecule has 0 unspecified atom stereocenters. The first-order chi connectivity index (χ1) is 13.1. The Bertz CT molecular complexity index is 843. The Kier molecular flexibility index (Phi) is 6.06. The van der Waals surface area contributed by atoms with E-state index < -0.39 is 0 Å². The standard InChI is InChI=1S/C21H25NO4S/c1-5-16-15-9-11-27-20(15)8-10-22(16)21(23)7-6-14-12-18(25-3)19(26-4)13-17(14)24-2/h6-7,9,11-13,16H,5,8,10H2,1-4H3/b7-6+/t16-/m0/s1. The monoisotopic (exact) mass is 387 g/mol. The van der Waals surface area contributed by atoms with Gasteiger partial charge in [0.15, 0.2) is 11.5 Å². The van der Waals surface area contributed by atoms with Crippen molar-refractivity contribution in [2.45, 2.75) is 25.8 Å². The molecule has 1 aliphatic rings. The second-order valence-corrected chi connectivity index (χ2v) is 7.29. The molecule has 1 aromatic carbocycles. The summed E-state index contributed by atoms with van der Waals surface area (Å²) in [6, 6.07) is 5.86. The molecule has 2 aromatic rings. The summed E-state index contributed by atoms with van der Waals surface area (Å²) >= 11 is 1.78. The topological polar surface area (TPSA) is 48.0 Å². The van der Waals surface area contributed by atoms with Gasteiger partial charge in [-0.2, -0.15) is 0 Å². The van der Waals surface area contributed by atoms with Gasteiger partial charge in [-0.15, -0.1) is 11.3 Å². The lowest BCUT2D eigenvalue weighted by atomic mass is 9.97. The van der Waals surface area contributed by atoms with Crippen molar-refractivity contribution in [2.75, 3.05) is 27.9 Å². The zero-order valence-corrected chi connectivity index (χ0v) is 17.0. The van der Waals surface area contributed by atoms with Gasteiger partial charge in [0, 0.05) is 29.1 Å². The van der Waals surface area contributed by atoms with Crippen LogP contribution in [0.3, 0.4) is 0 Å². The predicted octanol–water partition coefficient (Wildman–Crippen LogP) is 4.32. The predicted molar refractivity (Wildman–Crippen MR) is 108 cm³/mol. The van der Waals surface area contributed by atoms with Crippen molar-refractivity contribution in [1.82, 2.24) is 4.90 Å². The van der Waals surface area contributed by atoms with Crippen LogP contribution >= 0.6 is 11.3 Å². The molecule has 1 aliphatic heterocycles. The number of fused-ring (bicyclic) bond motifs is 1. The fraction of sp³-hybridized carbons (Fsp3) is 0.381. The molecule has 0 saturated carbocycles. The average molecular weight is 388 g/mol. The molecule has 2 heterocycles. The highest BCUT2D eigenvalue weighted by Gasteiger charge is 2.29. The third-order valence-electron chi connectivity index (χ3n) is 4.91. The summed E-state index contributed by atoms with van der Waals surface area (Å²) in [6.07, 6.45) is 5.22. The summed E-state index contributed by atoms with van der Waals surface area (Å²) in [7, 11) is 4.76. The second-order valence-electron chi connectivity index (χ2n) is 6.29. The van der Waals surface area contributed by atoms with Gasteiger partial charge in [0.25, 0.3) is 0 Å². The van der Waals surface area contributed by atoms with E-state index in [1.807, 2.05) is 11.0 Å². The summed E-state index contributed by atoms with van der Waals surface area (Å²) in [4.78, 5) is 16.3. The first-order valence-corrected chi connectivity index (χ1v) is 9.85. The molecule has 0 fully saturated rings. The fourth-order valence-corrected chi connectivity index (χ4v) is 4.47. The van der Waals surface area contributed by atoms with Gasteiger partial charge in [0.2, 0.25) is 5.91 Å². The Balaban J connectivity index is 1.85. The molecule has 5 nitrogen and oxygen atoms in total. The molecule has 0 saturated heterocycles. The van der Waals surface area contributed by atoms with Crippen LogP contribution in [-0.4, -0.2) is 38.7 Å². The van der Waals surface area contributed by atoms with Gasteiger partial charge in [-0.1, -0.05) is 6.92 Å². The maximum absolute atomic E-state index is 12.9. The Hall–Kier alpha value is -2.47. The van der Waals surface area contributed by atoms with Gasteiger partial charge < -0.3 is 19.1 Å². The number of nitrogens with zero attached hydrogens (tertiary/aromatic N) is 1. The molecule has 1 aromatic heterocycles. The Morgan fingerprint density at radius 2 is 1.89 bits per heavy atom. The minimum Gasteiger partial charge on any atom is -0.496 e. The van der Waals surface area contributed by atoms with Gasteiger partial charge in [-0.05, 0) is 42.0 Å². The minimum absolute atomic E-state index is 0.00976. The normalized spacial score (nSPS) is 16.3. The first kappa shape index (κ1) is 19.3. The van der Waals surface area contributed by atoms with Crippen LogP contribution in [0.2, 0.25) is 0 Å². The third kappa shape index (κ3) is 3.81. The highest BCUT2D eigenvalue weighted by molar-refractivity contribution is 7.10. The molecule has 0 spiro atoms. The molecule has 0 bridgehead atoms. The molecule has 6 heteroatoms. The van der Waals surface area contributed by atoms with E-state index in [4.69, 9.17) is 14.2 Å². The van der Waals surface area contributed by atoms with Gasteiger partial charge >= 0.3 is 0 Å². The van der Waals surface area contributed by atoms with Crippen LogP contribution in [0.25, 0.3) is 6.08 Å². The number of hydrogen-bond donors (Lipinski definition) is 0. The van der Waals surface area contributed by atoms with Crippen LogP contribution < -0.4 is 14.2 Å². The number of carbonyl (C=O) groups excluding carboxylic acids is 1. The minimum atomic E-state index is 0.00976. The van der Waals surface area contributed by atoms with E-state index in [-0.39, 0.29) is 11.9 Å². The molecule has 3 rings (SSSR count). The number of methoxy groups -OCH3 is 3. The average Bonchev–Trinajstić information content (AvgIpc) is 3.19. The molecule has 0 radical (unpaired) electrons. The van der Waals surface area contributed by atoms with E-state index in [1.165, 1.54) is 10.4 Å². The number of carbonyl (C=O) groups is 1. The summed E-state index contributed by atoms with van der Waals surface area (Å²) in [6.45, 7) is 2.87. The van der Waals surface area contributed by atoms with E-state index in [0.717, 1.165) is 24.9 Å². The van der Waals surface area contributed by atoms with Crippen molar-refractivity contribution in [3.05, 3.63) is 45.7 Å². The number of rotatable bonds is 6. The molecular weight excluding hydrogens is 362 g/mol. The Labute approximate surface area is 164 Å². The smallest absolute Gasteiger partial charge is 0.247 e. The maximum Gasteiger partial charge on any atom is 0.247 e. The first-order valence-electron chi connectivity index (χ1n) is 8.97. The summed E-state index contributed by atoms with van der Waals surface area (Å²) in [5, 5.41) is 2.12. The number of benzene rings is 1. The van der Waals surface area contributed by atoms with Crippen LogP contribution in [0.4, 0.5) is 0 Å². The Morgan fingerprint density at radius 3 is 2.56 bits per heavy atom. The lowest BCUT2D eigenvalue weighted by Gasteiger charge is -2.34. The second kappa shape index (κ2) is 8.48. The van der Waals surface area contributed by atoms with Crippen molar-refractivity contribution in [1.29, 1.82) is 0 Å². The molecule has 27 heavy (non-hydrogen) atoms. The largest absolute Gasteiger partial charge is 0.496 e. The van der Waals surface area contributed by atoms with Crippen molar-refractivity contribution < 1.29 is 19.0 Å². The molecular formula is C21H25NO4S. The third-order valence-corrected chi connectivity index (χ3v) is 5.90. The van der Waals surface area contributed by atoms with Crippen LogP contribution in [0.1, 0.15) is 35.4 Å². The van der Waals surface area contributed by atoms with Crippen molar-refractivity contribution >= 4 is 23.3 Å². The number of ether oxygens (including phenoxy) is 3. The molecule has 0 aliphatic carbocycles. The maximum atomic E-state index is 12.9. The van der Waals surface area contributed by atoms with Crippen molar-refractivity contribution in [3.8, 4) is 17.2 Å². The van der Waals surface area contributed by atoms with E-state index >= 15 is 0 Å². The highest BCUT2D eigenvalue weighted by atomic mass is 32.1. The molecule has 1 atom stereocenters. The number of hydrogen-bond acceptors (Lipinski definition) is 5. The van der Waals surface area contributed by atoms with Gasteiger partial charge in [0.1, 0.15) is 5.75 Å². The lowest BCUT2D eigenvalue weighted by molar-refractivity contribution is -0.128. The Morgan fingerprint density at radius 1 is 1.19 bits per heavy atom. The van der Waals surface area contributed by atoms with E-state index in [0.29, 0.717) is 17.2 Å². The molecule has 1 amide bonds. The fourth-order valence-electron chi connectivity index (χ4n) is 3.54. The van der Waals surface area contributed by atoms with Crippen LogP contribution in [0, 0.1) is 0 Å². The SMILES string of the molecule is CC[C@H]1c2ccsc2CCN1C(=O)/C=C/c1cc(OC)c(OC)cc1OC. The van der Waals surface area contributed by atoms with Gasteiger partial charge in [0.05, 0.1) is 27.4 Å². The van der Waals surface area contributed by atoms with Crippen molar-refractivity contribution in [3.63, 3.8) is 0 Å². The summed E-state index contributed by atoms with van der Waals surface area (Å²) in [5.74, 6) is 1.82. The zero-order chi connectivity index (χ0) is 19.4. The van der Waals surface area contributed by atoms with Crippen LogP contribution in [0.5, 0.6) is 17.2 Å². The van der Waals surface area contributed by atoms with Crippen LogP contribution in [-0.2, 0) is 11.2 Å². The van der Waals surface area contributed by atoms with E-state index in [2.05, 4.69) is 18.4 Å². The van der Waals surface area contributed by atoms with Gasteiger partial charge in [-0.3, -0.25) is 4.79 Å². The van der Waals surface area contributed by atoms with E-state index in [9.17, 15) is 4.79 Å². The van der Waals surface area contributed by atoms with E-state index in [1.54, 1.807) is 50.9 Å². The summed E-state index contributed by atoms with van der Waals surface area (Å²) in [5.41, 5.74) is 2.06. The van der Waals surface area contributed by atoms with Crippen molar-refractivity contribution in [2.24, 2.45) is 0 Å². The number of amides is 1. The molecule has 0 N–H and O–H groups in total.